The molecule has 0 bridgehead atoms. The summed E-state index contributed by atoms with van der Waals surface area (Å²) in [5.41, 5.74) is -0.870. The molecule has 116 valence electrons. The van der Waals surface area contributed by atoms with Crippen molar-refractivity contribution in [3.8, 4) is 0 Å². The molecule has 1 saturated heterocycles. The van der Waals surface area contributed by atoms with Crippen molar-refractivity contribution in [2.45, 2.75) is 6.18 Å². The standard InChI is InChI=1S/C13H14ClF3N2O2/c14-10-2-1-9(13(15,16)17)7-11(10)18-12(20)8-19-3-5-21-6-4-19/h1-2,7H,3-6,8H2,(H,18,20)/p+1. The smallest absolute Gasteiger partial charge is 0.370 e. The average Bonchev–Trinajstić information content (AvgIpc) is 2.41. The third kappa shape index (κ3) is 4.59. The van der Waals surface area contributed by atoms with E-state index >= 15 is 0 Å². The maximum Gasteiger partial charge on any atom is 0.416 e. The Bertz CT molecular complexity index is 517. The Labute approximate surface area is 124 Å². The number of carbonyl (C=O) groups excluding carboxylic acids is 1. The van der Waals surface area contributed by atoms with E-state index in [0.29, 0.717) is 26.3 Å². The van der Waals surface area contributed by atoms with Crippen molar-refractivity contribution in [1.82, 2.24) is 0 Å². The maximum atomic E-state index is 12.6. The predicted octanol–water partition coefficient (Wildman–Crippen LogP) is 1.21. The van der Waals surface area contributed by atoms with Crippen LogP contribution in [0, 0.1) is 0 Å². The normalized spacial score (nSPS) is 16.8. The van der Waals surface area contributed by atoms with E-state index in [1.807, 2.05) is 0 Å². The van der Waals surface area contributed by atoms with Crippen molar-refractivity contribution in [1.29, 1.82) is 0 Å². The molecule has 1 aromatic rings. The van der Waals surface area contributed by atoms with Gasteiger partial charge in [0.05, 0.1) is 29.5 Å². The summed E-state index contributed by atoms with van der Waals surface area (Å²) in [6, 6.07) is 2.85. The Balaban J connectivity index is 2.02. The van der Waals surface area contributed by atoms with Crippen LogP contribution in [0.2, 0.25) is 5.02 Å². The van der Waals surface area contributed by atoms with Crippen molar-refractivity contribution in [3.05, 3.63) is 28.8 Å². The van der Waals surface area contributed by atoms with Gasteiger partial charge in [-0.3, -0.25) is 4.79 Å². The number of benzene rings is 1. The number of hydrogen-bond donors (Lipinski definition) is 2. The Kier molecular flexibility index (Phi) is 5.08. The SMILES string of the molecule is O=C(C[NH+]1CCOCC1)Nc1cc(C(F)(F)F)ccc1Cl. The summed E-state index contributed by atoms with van der Waals surface area (Å²) in [6.45, 7) is 2.73. The summed E-state index contributed by atoms with van der Waals surface area (Å²) in [6.07, 6.45) is -4.47. The van der Waals surface area contributed by atoms with Gasteiger partial charge in [0, 0.05) is 0 Å². The van der Waals surface area contributed by atoms with Crippen molar-refractivity contribution in [3.63, 3.8) is 0 Å². The lowest BCUT2D eigenvalue weighted by Gasteiger charge is -2.23. The van der Waals surface area contributed by atoms with Crippen molar-refractivity contribution >= 4 is 23.2 Å². The summed E-state index contributed by atoms with van der Waals surface area (Å²) >= 11 is 5.82. The van der Waals surface area contributed by atoms with Crippen LogP contribution in [0.5, 0.6) is 0 Å². The van der Waals surface area contributed by atoms with Gasteiger partial charge < -0.3 is 15.0 Å². The average molecular weight is 324 g/mol. The number of amides is 1. The molecule has 1 aliphatic rings. The molecule has 0 aromatic heterocycles. The number of hydrogen-bond acceptors (Lipinski definition) is 2. The molecule has 0 aliphatic carbocycles. The third-order valence-electron chi connectivity index (χ3n) is 3.18. The first-order valence-electron chi connectivity index (χ1n) is 6.44. The van der Waals surface area contributed by atoms with E-state index in [1.54, 1.807) is 0 Å². The Morgan fingerprint density at radius 2 is 2.00 bits per heavy atom. The molecule has 1 amide bonds. The molecule has 4 nitrogen and oxygen atoms in total. The van der Waals surface area contributed by atoms with Gasteiger partial charge in [-0.1, -0.05) is 11.6 Å². The van der Waals surface area contributed by atoms with Crippen molar-refractivity contribution < 1.29 is 27.6 Å². The highest BCUT2D eigenvalue weighted by Crippen LogP contribution is 2.33. The summed E-state index contributed by atoms with van der Waals surface area (Å²) < 4.78 is 43.1. The number of nitrogens with one attached hydrogen (secondary N) is 2. The fourth-order valence-electron chi connectivity index (χ4n) is 2.06. The number of ether oxygens (including phenoxy) is 1. The van der Waals surface area contributed by atoms with Gasteiger partial charge in [-0.15, -0.1) is 0 Å². The van der Waals surface area contributed by atoms with E-state index in [0.717, 1.165) is 23.1 Å². The molecule has 1 aliphatic heterocycles. The molecule has 0 spiro atoms. The third-order valence-corrected chi connectivity index (χ3v) is 3.51. The van der Waals surface area contributed by atoms with Crippen LogP contribution in [-0.2, 0) is 15.7 Å². The number of carbonyl (C=O) groups is 1. The van der Waals surface area contributed by atoms with Crippen LogP contribution in [0.3, 0.4) is 0 Å². The van der Waals surface area contributed by atoms with Gasteiger partial charge in [0.2, 0.25) is 0 Å². The highest BCUT2D eigenvalue weighted by molar-refractivity contribution is 6.33. The van der Waals surface area contributed by atoms with Crippen LogP contribution in [0.25, 0.3) is 0 Å². The molecule has 0 saturated carbocycles. The van der Waals surface area contributed by atoms with Crippen molar-refractivity contribution in [2.75, 3.05) is 38.2 Å². The molecule has 1 aromatic carbocycles. The second-order valence-electron chi connectivity index (χ2n) is 4.78. The fourth-order valence-corrected chi connectivity index (χ4v) is 2.22. The zero-order chi connectivity index (χ0) is 15.5. The first-order chi connectivity index (χ1) is 9.86. The predicted molar refractivity (Wildman–Crippen MR) is 71.5 cm³/mol. The second kappa shape index (κ2) is 6.64. The van der Waals surface area contributed by atoms with E-state index in [-0.39, 0.29) is 23.2 Å². The zero-order valence-corrected chi connectivity index (χ0v) is 11.9. The highest BCUT2D eigenvalue weighted by atomic mass is 35.5. The van der Waals surface area contributed by atoms with Crippen LogP contribution >= 0.6 is 11.6 Å². The van der Waals surface area contributed by atoms with Crippen LogP contribution in [-0.4, -0.2) is 38.8 Å². The minimum atomic E-state index is -4.47. The molecule has 1 heterocycles. The van der Waals surface area contributed by atoms with Gasteiger partial charge in [0.15, 0.2) is 6.54 Å². The van der Waals surface area contributed by atoms with E-state index in [9.17, 15) is 18.0 Å². The molecule has 0 unspecified atom stereocenters. The Hall–Kier alpha value is -1.31. The minimum Gasteiger partial charge on any atom is -0.370 e. The van der Waals surface area contributed by atoms with Crippen LogP contribution in [0.15, 0.2) is 18.2 Å². The number of morpholine rings is 1. The first kappa shape index (κ1) is 16.1. The molecule has 8 heteroatoms. The van der Waals surface area contributed by atoms with E-state index in [2.05, 4.69) is 5.32 Å². The number of anilines is 1. The summed E-state index contributed by atoms with van der Waals surface area (Å²) in [5.74, 6) is -0.367. The number of rotatable bonds is 3. The van der Waals surface area contributed by atoms with E-state index < -0.39 is 11.7 Å². The second-order valence-corrected chi connectivity index (χ2v) is 5.19. The molecule has 2 N–H and O–H groups in total. The molecule has 1 fully saturated rings. The van der Waals surface area contributed by atoms with Crippen LogP contribution < -0.4 is 10.2 Å². The van der Waals surface area contributed by atoms with Gasteiger partial charge in [-0.05, 0) is 18.2 Å². The summed E-state index contributed by atoms with van der Waals surface area (Å²) in [7, 11) is 0. The maximum absolute atomic E-state index is 12.6. The van der Waals surface area contributed by atoms with Gasteiger partial charge in [0.1, 0.15) is 13.1 Å². The van der Waals surface area contributed by atoms with Crippen molar-refractivity contribution in [2.24, 2.45) is 0 Å². The Morgan fingerprint density at radius 3 is 2.62 bits per heavy atom. The monoisotopic (exact) mass is 323 g/mol. The van der Waals surface area contributed by atoms with Gasteiger partial charge in [0.25, 0.3) is 5.91 Å². The number of quaternary nitrogens is 1. The topological polar surface area (TPSA) is 42.8 Å². The van der Waals surface area contributed by atoms with Gasteiger partial charge in [-0.2, -0.15) is 13.2 Å². The molecule has 0 atom stereocenters. The summed E-state index contributed by atoms with van der Waals surface area (Å²) in [5, 5.41) is 2.51. The highest BCUT2D eigenvalue weighted by Gasteiger charge is 2.31. The fraction of sp³-hybridized carbons (Fsp3) is 0.462. The minimum absolute atomic E-state index is 0.0239. The van der Waals surface area contributed by atoms with Gasteiger partial charge in [-0.25, -0.2) is 0 Å². The lowest BCUT2D eigenvalue weighted by Crippen LogP contribution is -3.15. The zero-order valence-electron chi connectivity index (χ0n) is 11.1. The quantitative estimate of drug-likeness (QED) is 0.878. The lowest BCUT2D eigenvalue weighted by molar-refractivity contribution is -0.899. The first-order valence-corrected chi connectivity index (χ1v) is 6.82. The molecular formula is C13H15ClF3N2O2+. The molecule has 0 radical (unpaired) electrons. The van der Waals surface area contributed by atoms with Crippen LogP contribution in [0.4, 0.5) is 18.9 Å². The number of halogens is 4. The van der Waals surface area contributed by atoms with E-state index in [4.69, 9.17) is 16.3 Å². The Morgan fingerprint density at radius 1 is 1.33 bits per heavy atom. The molecule has 2 rings (SSSR count). The van der Waals surface area contributed by atoms with Crippen LogP contribution in [0.1, 0.15) is 5.56 Å². The van der Waals surface area contributed by atoms with Gasteiger partial charge >= 0.3 is 6.18 Å². The largest absolute Gasteiger partial charge is 0.416 e. The lowest BCUT2D eigenvalue weighted by atomic mass is 10.2. The molecule has 21 heavy (non-hydrogen) atoms. The number of alkyl halides is 3. The summed E-state index contributed by atoms with van der Waals surface area (Å²) in [4.78, 5) is 12.9. The van der Waals surface area contributed by atoms with E-state index in [1.165, 1.54) is 0 Å². The molecular weight excluding hydrogens is 309 g/mol.